The fourth-order valence-corrected chi connectivity index (χ4v) is 1.77. The standard InChI is InChI=1S/C14H21NO3/c1-11(15(2)10-14(16)18-4)9-12-7-5-6-8-13(12)17-3/h5-8,11H,9-10H2,1-4H3. The zero-order chi connectivity index (χ0) is 13.5. The number of esters is 1. The smallest absolute Gasteiger partial charge is 0.319 e. The van der Waals surface area contributed by atoms with Crippen LogP contribution in [-0.2, 0) is 16.0 Å². The van der Waals surface area contributed by atoms with Gasteiger partial charge in [-0.25, -0.2) is 0 Å². The zero-order valence-corrected chi connectivity index (χ0v) is 11.5. The van der Waals surface area contributed by atoms with Crippen molar-refractivity contribution in [2.45, 2.75) is 19.4 Å². The van der Waals surface area contributed by atoms with E-state index in [2.05, 4.69) is 11.7 Å². The molecule has 0 radical (unpaired) electrons. The Morgan fingerprint density at radius 3 is 2.61 bits per heavy atom. The number of nitrogens with zero attached hydrogens (tertiary/aromatic N) is 1. The van der Waals surface area contributed by atoms with Crippen molar-refractivity contribution in [3.8, 4) is 5.75 Å². The number of benzene rings is 1. The second-order valence-corrected chi connectivity index (χ2v) is 4.36. The molecule has 0 saturated heterocycles. The van der Waals surface area contributed by atoms with E-state index in [4.69, 9.17) is 4.74 Å². The first-order valence-corrected chi connectivity index (χ1v) is 5.97. The third-order valence-corrected chi connectivity index (χ3v) is 3.07. The number of hydrogen-bond donors (Lipinski definition) is 0. The second kappa shape index (κ2) is 7.01. The number of para-hydroxylation sites is 1. The Hall–Kier alpha value is -1.55. The van der Waals surface area contributed by atoms with Gasteiger partial charge in [0.15, 0.2) is 0 Å². The van der Waals surface area contributed by atoms with E-state index in [0.717, 1.165) is 17.7 Å². The summed E-state index contributed by atoms with van der Waals surface area (Å²) >= 11 is 0. The Kier molecular flexibility index (Phi) is 5.65. The Bertz CT molecular complexity index is 392. The summed E-state index contributed by atoms with van der Waals surface area (Å²) < 4.78 is 9.98. The SMILES string of the molecule is COC(=O)CN(C)C(C)Cc1ccccc1OC. The molecule has 0 aromatic heterocycles. The first-order chi connectivity index (χ1) is 8.58. The highest BCUT2D eigenvalue weighted by Crippen LogP contribution is 2.20. The molecule has 100 valence electrons. The van der Waals surface area contributed by atoms with Gasteiger partial charge in [0.1, 0.15) is 5.75 Å². The summed E-state index contributed by atoms with van der Waals surface area (Å²) in [5.74, 6) is 0.667. The Balaban J connectivity index is 2.63. The molecule has 0 bridgehead atoms. The highest BCUT2D eigenvalue weighted by atomic mass is 16.5. The predicted octanol–water partition coefficient (Wildman–Crippen LogP) is 1.73. The van der Waals surface area contributed by atoms with Crippen molar-refractivity contribution in [1.82, 2.24) is 4.90 Å². The molecule has 0 fully saturated rings. The number of rotatable bonds is 6. The quantitative estimate of drug-likeness (QED) is 0.722. The van der Waals surface area contributed by atoms with Crippen LogP contribution in [0.15, 0.2) is 24.3 Å². The molecule has 1 aromatic rings. The molecule has 1 atom stereocenters. The maximum atomic E-state index is 11.2. The lowest BCUT2D eigenvalue weighted by atomic mass is 10.1. The van der Waals surface area contributed by atoms with Gasteiger partial charge in [-0.2, -0.15) is 0 Å². The third kappa shape index (κ3) is 4.04. The number of carbonyl (C=O) groups excluding carboxylic acids is 1. The zero-order valence-electron chi connectivity index (χ0n) is 11.5. The number of methoxy groups -OCH3 is 2. The van der Waals surface area contributed by atoms with Gasteiger partial charge in [0, 0.05) is 6.04 Å². The van der Waals surface area contributed by atoms with Crippen molar-refractivity contribution in [2.75, 3.05) is 27.8 Å². The molecule has 18 heavy (non-hydrogen) atoms. The van der Waals surface area contributed by atoms with Gasteiger partial charge in [-0.1, -0.05) is 18.2 Å². The average Bonchev–Trinajstić information content (AvgIpc) is 2.39. The molecular weight excluding hydrogens is 230 g/mol. The van der Waals surface area contributed by atoms with Gasteiger partial charge in [0.25, 0.3) is 0 Å². The molecule has 4 heteroatoms. The first-order valence-electron chi connectivity index (χ1n) is 5.97. The van der Waals surface area contributed by atoms with Crippen molar-refractivity contribution in [1.29, 1.82) is 0 Å². The number of hydrogen-bond acceptors (Lipinski definition) is 4. The number of carbonyl (C=O) groups is 1. The summed E-state index contributed by atoms with van der Waals surface area (Å²) in [7, 11) is 4.99. The van der Waals surface area contributed by atoms with Crippen molar-refractivity contribution < 1.29 is 14.3 Å². The molecule has 1 rings (SSSR count). The normalized spacial score (nSPS) is 12.3. The number of ether oxygens (including phenoxy) is 2. The van der Waals surface area contributed by atoms with Crippen LogP contribution in [0.2, 0.25) is 0 Å². The van der Waals surface area contributed by atoms with E-state index < -0.39 is 0 Å². The van der Waals surface area contributed by atoms with E-state index in [0.29, 0.717) is 6.54 Å². The van der Waals surface area contributed by atoms with Crippen LogP contribution in [0.3, 0.4) is 0 Å². The van der Waals surface area contributed by atoms with Crippen LogP contribution < -0.4 is 4.74 Å². The molecule has 0 saturated carbocycles. The molecule has 0 aliphatic carbocycles. The topological polar surface area (TPSA) is 38.8 Å². The third-order valence-electron chi connectivity index (χ3n) is 3.07. The van der Waals surface area contributed by atoms with E-state index >= 15 is 0 Å². The summed E-state index contributed by atoms with van der Waals surface area (Å²) in [5.41, 5.74) is 1.14. The lowest BCUT2D eigenvalue weighted by molar-refractivity contribution is -0.142. The predicted molar refractivity (Wildman–Crippen MR) is 70.8 cm³/mol. The van der Waals surface area contributed by atoms with E-state index in [1.807, 2.05) is 36.2 Å². The molecule has 0 amide bonds. The summed E-state index contributed by atoms with van der Waals surface area (Å²) in [4.78, 5) is 13.2. The largest absolute Gasteiger partial charge is 0.496 e. The van der Waals surface area contributed by atoms with Gasteiger partial charge in [-0.15, -0.1) is 0 Å². The van der Waals surface area contributed by atoms with E-state index in [1.54, 1.807) is 7.11 Å². The minimum absolute atomic E-state index is 0.218. The fourth-order valence-electron chi connectivity index (χ4n) is 1.77. The first kappa shape index (κ1) is 14.5. The van der Waals surface area contributed by atoms with E-state index in [9.17, 15) is 4.79 Å². The molecule has 0 aliphatic heterocycles. The van der Waals surface area contributed by atoms with Gasteiger partial charge in [0.05, 0.1) is 20.8 Å². The van der Waals surface area contributed by atoms with Crippen LogP contribution in [0.5, 0.6) is 5.75 Å². The summed E-state index contributed by atoms with van der Waals surface area (Å²) in [5, 5.41) is 0. The van der Waals surface area contributed by atoms with E-state index in [1.165, 1.54) is 7.11 Å². The molecule has 0 spiro atoms. The maximum absolute atomic E-state index is 11.2. The molecule has 1 aromatic carbocycles. The summed E-state index contributed by atoms with van der Waals surface area (Å²) in [6, 6.07) is 8.17. The lowest BCUT2D eigenvalue weighted by Crippen LogP contribution is -2.35. The van der Waals surface area contributed by atoms with Gasteiger partial charge < -0.3 is 9.47 Å². The number of likely N-dealkylation sites (N-methyl/N-ethyl adjacent to an activating group) is 1. The minimum Gasteiger partial charge on any atom is -0.496 e. The lowest BCUT2D eigenvalue weighted by Gasteiger charge is -2.24. The molecule has 0 N–H and O–H groups in total. The van der Waals surface area contributed by atoms with Crippen LogP contribution in [-0.4, -0.2) is 44.7 Å². The Morgan fingerprint density at radius 1 is 1.33 bits per heavy atom. The van der Waals surface area contributed by atoms with Crippen LogP contribution in [0.1, 0.15) is 12.5 Å². The minimum atomic E-state index is -0.218. The highest BCUT2D eigenvalue weighted by Gasteiger charge is 2.15. The molecule has 0 heterocycles. The van der Waals surface area contributed by atoms with Crippen molar-refractivity contribution in [3.63, 3.8) is 0 Å². The fraction of sp³-hybridized carbons (Fsp3) is 0.500. The van der Waals surface area contributed by atoms with E-state index in [-0.39, 0.29) is 12.0 Å². The van der Waals surface area contributed by atoms with Crippen LogP contribution in [0.4, 0.5) is 0 Å². The van der Waals surface area contributed by atoms with Crippen LogP contribution >= 0.6 is 0 Å². The summed E-state index contributed by atoms with van der Waals surface area (Å²) in [6.07, 6.45) is 0.831. The monoisotopic (exact) mass is 251 g/mol. The molecular formula is C14H21NO3. The van der Waals surface area contributed by atoms with Crippen LogP contribution in [0, 0.1) is 0 Å². The average molecular weight is 251 g/mol. The summed E-state index contributed by atoms with van der Waals surface area (Å²) in [6.45, 7) is 2.38. The van der Waals surface area contributed by atoms with Crippen molar-refractivity contribution in [3.05, 3.63) is 29.8 Å². The maximum Gasteiger partial charge on any atom is 0.319 e. The van der Waals surface area contributed by atoms with Crippen LogP contribution in [0.25, 0.3) is 0 Å². The van der Waals surface area contributed by atoms with Crippen molar-refractivity contribution in [2.24, 2.45) is 0 Å². The second-order valence-electron chi connectivity index (χ2n) is 4.36. The molecule has 1 unspecified atom stereocenters. The molecule has 4 nitrogen and oxygen atoms in total. The molecule has 0 aliphatic rings. The Morgan fingerprint density at radius 2 is 2.00 bits per heavy atom. The highest BCUT2D eigenvalue weighted by molar-refractivity contribution is 5.71. The Labute approximate surface area is 108 Å². The van der Waals surface area contributed by atoms with Crippen molar-refractivity contribution >= 4 is 5.97 Å². The van der Waals surface area contributed by atoms with Gasteiger partial charge in [-0.3, -0.25) is 9.69 Å². The van der Waals surface area contributed by atoms with Gasteiger partial charge in [0.2, 0.25) is 0 Å². The van der Waals surface area contributed by atoms with Gasteiger partial charge in [-0.05, 0) is 32.0 Å². The van der Waals surface area contributed by atoms with Gasteiger partial charge >= 0.3 is 5.97 Å².